The van der Waals surface area contributed by atoms with Crippen LogP contribution in [0.1, 0.15) is 112 Å². The van der Waals surface area contributed by atoms with Crippen molar-refractivity contribution in [1.29, 1.82) is 0 Å². The molecule has 0 spiro atoms. The predicted octanol–water partition coefficient (Wildman–Crippen LogP) is -7.67. The third-order valence-electron chi connectivity index (χ3n) is 12.1. The van der Waals surface area contributed by atoms with Crippen LogP contribution in [0.3, 0.4) is 0 Å². The molecule has 0 bridgehead atoms. The third-order valence-corrected chi connectivity index (χ3v) is 12.1. The van der Waals surface area contributed by atoms with E-state index in [2.05, 4.69) is 65.4 Å². The van der Waals surface area contributed by atoms with Crippen molar-refractivity contribution in [2.45, 2.75) is 184 Å². The molecule has 29 nitrogen and oxygen atoms in total. The first kappa shape index (κ1) is 68.4. The van der Waals surface area contributed by atoms with Crippen molar-refractivity contribution in [1.82, 2.24) is 58.5 Å². The normalized spacial score (nSPS) is 23.4. The Hall–Kier alpha value is -5.66. The summed E-state index contributed by atoms with van der Waals surface area (Å²) in [4.78, 5) is 136. The van der Waals surface area contributed by atoms with Crippen molar-refractivity contribution in [3.8, 4) is 0 Å². The smallest absolute Gasteiger partial charge is 0.245 e. The predicted molar refractivity (Wildman–Crippen MR) is 277 cm³/mol. The number of hydrogen-bond donors (Lipinski definition) is 19. The molecule has 0 aromatic rings. The van der Waals surface area contributed by atoms with Gasteiger partial charge in [-0.3, -0.25) is 53.3 Å². The van der Waals surface area contributed by atoms with E-state index in [9.17, 15) is 68.4 Å². The van der Waals surface area contributed by atoms with Gasteiger partial charge in [-0.15, -0.1) is 0 Å². The van der Waals surface area contributed by atoms with Crippen LogP contribution >= 0.6 is 0 Å². The summed E-state index contributed by atoms with van der Waals surface area (Å²) in [5.74, 6) is -9.33. The molecular formula is C47H89N15O14. The van der Waals surface area contributed by atoms with Crippen LogP contribution in [0.25, 0.3) is 0 Å². The van der Waals surface area contributed by atoms with Crippen molar-refractivity contribution >= 4 is 59.1 Å². The lowest BCUT2D eigenvalue weighted by Crippen LogP contribution is -2.62. The third kappa shape index (κ3) is 25.5. The number of nitrogens with two attached hydrogens (primary N) is 4. The number of hydrogen-bond acceptors (Lipinski definition) is 19. The fourth-order valence-electron chi connectivity index (χ4n) is 7.86. The van der Waals surface area contributed by atoms with Crippen molar-refractivity contribution in [2.24, 2.45) is 28.9 Å². The number of unbranched alkanes of at least 4 members (excludes halogenated alkanes) is 4. The van der Waals surface area contributed by atoms with Gasteiger partial charge in [0.25, 0.3) is 0 Å². The van der Waals surface area contributed by atoms with Crippen LogP contribution in [0.2, 0.25) is 0 Å². The highest BCUT2D eigenvalue weighted by Crippen LogP contribution is 2.10. The van der Waals surface area contributed by atoms with Gasteiger partial charge in [-0.1, -0.05) is 46.5 Å². The Morgan fingerprint density at radius 3 is 1.79 bits per heavy atom. The summed E-state index contributed by atoms with van der Waals surface area (Å²) in [6, 6.07) is -13.3. The Balaban J connectivity index is 3.63. The summed E-state index contributed by atoms with van der Waals surface area (Å²) in [6.45, 7) is 5.31. The van der Waals surface area contributed by atoms with Gasteiger partial charge in [0.2, 0.25) is 59.1 Å². The Kier molecular flexibility index (Phi) is 33.4. The van der Waals surface area contributed by atoms with Gasteiger partial charge in [0.15, 0.2) is 0 Å². The second-order valence-electron chi connectivity index (χ2n) is 19.2. The summed E-state index contributed by atoms with van der Waals surface area (Å²) < 4.78 is 0. The Bertz CT molecular complexity index is 1860. The van der Waals surface area contributed by atoms with E-state index in [0.717, 1.165) is 25.7 Å². The average molecular weight is 1090 g/mol. The lowest BCUT2D eigenvalue weighted by atomic mass is 10.0. The van der Waals surface area contributed by atoms with Crippen molar-refractivity contribution in [3.05, 3.63) is 0 Å². The molecule has 76 heavy (non-hydrogen) atoms. The molecule has 1 rings (SSSR count). The standard InChI is InChI=1S/C47H89N15O14/c1-6-7-8-9-10-11-35(66)54-29(13-18-49)42(71)62-38(27(5)65)47(76)59-30(14-19-50)40(69)58-32-16-21-52-46(75)37(26(4)64)61-43(72)31(15-20-51)57-45(74)34(24-63)60-44(73)33(22-25(2)3)55-36(67)23-53-39(68)28(12-17-48)56-41(32)70/h25-34,37-38,42,62-65,71H,6-24,48-51H2,1-5H3,(H,52,75)(H,53,68)(H,54,66)(H,55,67)(H,56,70)(H,57,74)(H,58,69)(H,59,76)(H,60,73)(H,61,72)/t26-,27-,28+,29+,30+,31+,32+,33+,34+,37+,38+,42?/m1/s1. The van der Waals surface area contributed by atoms with E-state index in [1.807, 2.05) is 0 Å². The molecule has 0 aromatic carbocycles. The first-order valence-corrected chi connectivity index (χ1v) is 26.2. The van der Waals surface area contributed by atoms with E-state index in [0.29, 0.717) is 6.42 Å². The van der Waals surface area contributed by atoms with Crippen molar-refractivity contribution < 1.29 is 68.4 Å². The van der Waals surface area contributed by atoms with Crippen molar-refractivity contribution in [3.63, 3.8) is 0 Å². The number of carbonyl (C=O) groups excluding carboxylic acids is 10. The molecule has 1 fully saturated rings. The van der Waals surface area contributed by atoms with Crippen molar-refractivity contribution in [2.75, 3.05) is 45.9 Å². The van der Waals surface area contributed by atoms with Crippen LogP contribution in [0.4, 0.5) is 0 Å². The highest BCUT2D eigenvalue weighted by atomic mass is 16.3. The Morgan fingerprint density at radius 2 is 1.22 bits per heavy atom. The molecule has 1 unspecified atom stereocenters. The molecule has 10 amide bonds. The summed E-state index contributed by atoms with van der Waals surface area (Å²) >= 11 is 0. The van der Waals surface area contributed by atoms with Gasteiger partial charge in [-0.2, -0.15) is 0 Å². The van der Waals surface area contributed by atoms with Crippen LogP contribution in [0.15, 0.2) is 0 Å². The topological polar surface area (TPSA) is 488 Å². The molecule has 1 aliphatic heterocycles. The first-order valence-electron chi connectivity index (χ1n) is 26.2. The number of rotatable bonds is 27. The number of aliphatic hydroxyl groups excluding tert-OH is 4. The van der Waals surface area contributed by atoms with Crippen LogP contribution in [-0.4, -0.2) is 198 Å². The minimum atomic E-state index is -1.69. The molecule has 1 heterocycles. The van der Waals surface area contributed by atoms with Crippen LogP contribution in [0.5, 0.6) is 0 Å². The molecule has 29 heteroatoms. The molecule has 0 aliphatic carbocycles. The van der Waals surface area contributed by atoms with E-state index in [1.54, 1.807) is 13.8 Å². The van der Waals surface area contributed by atoms with Gasteiger partial charge in [0.05, 0.1) is 31.4 Å². The van der Waals surface area contributed by atoms with Gasteiger partial charge in [-0.25, -0.2) is 0 Å². The second-order valence-corrected chi connectivity index (χ2v) is 19.2. The quantitative estimate of drug-likeness (QED) is 0.0268. The summed E-state index contributed by atoms with van der Waals surface area (Å²) in [5.41, 5.74) is 23.1. The monoisotopic (exact) mass is 1090 g/mol. The van der Waals surface area contributed by atoms with Crippen LogP contribution in [-0.2, 0) is 47.9 Å². The van der Waals surface area contributed by atoms with Gasteiger partial charge >= 0.3 is 0 Å². The summed E-state index contributed by atoms with van der Waals surface area (Å²) in [6.07, 6.45) is -1.02. The molecule has 12 atom stereocenters. The molecule has 0 radical (unpaired) electrons. The Morgan fingerprint density at radius 1 is 0.645 bits per heavy atom. The zero-order valence-electron chi connectivity index (χ0n) is 44.6. The molecule has 23 N–H and O–H groups in total. The van der Waals surface area contributed by atoms with E-state index >= 15 is 0 Å². The van der Waals surface area contributed by atoms with Gasteiger partial charge < -0.3 is 96.5 Å². The minimum Gasteiger partial charge on any atom is -0.394 e. The molecule has 0 saturated carbocycles. The number of amides is 10. The lowest BCUT2D eigenvalue weighted by Gasteiger charge is -2.31. The molecular weight excluding hydrogens is 999 g/mol. The van der Waals surface area contributed by atoms with E-state index in [4.69, 9.17) is 22.9 Å². The number of carbonyl (C=O) groups is 10. The summed E-state index contributed by atoms with van der Waals surface area (Å²) in [5, 5.41) is 69.7. The maximum atomic E-state index is 14.1. The van der Waals surface area contributed by atoms with Gasteiger partial charge in [0, 0.05) is 13.0 Å². The van der Waals surface area contributed by atoms with E-state index < -0.39 is 152 Å². The number of nitrogens with one attached hydrogen (secondary N) is 11. The highest BCUT2D eigenvalue weighted by Gasteiger charge is 2.36. The maximum absolute atomic E-state index is 14.1. The fourth-order valence-corrected chi connectivity index (χ4v) is 7.86. The van der Waals surface area contributed by atoms with E-state index in [1.165, 1.54) is 13.8 Å². The van der Waals surface area contributed by atoms with Crippen LogP contribution in [0, 0.1) is 5.92 Å². The second kappa shape index (κ2) is 37.2. The average Bonchev–Trinajstić information content (AvgIpc) is 3.35. The Labute approximate surface area is 444 Å². The first-order chi connectivity index (χ1) is 36.0. The molecule has 1 aliphatic rings. The van der Waals surface area contributed by atoms with Gasteiger partial charge in [0.1, 0.15) is 54.6 Å². The van der Waals surface area contributed by atoms with E-state index in [-0.39, 0.29) is 76.5 Å². The number of aliphatic hydroxyl groups is 4. The summed E-state index contributed by atoms with van der Waals surface area (Å²) in [7, 11) is 0. The van der Waals surface area contributed by atoms with Crippen LogP contribution < -0.4 is 81.4 Å². The fraction of sp³-hybridized carbons (Fsp3) is 0.787. The highest BCUT2D eigenvalue weighted by molar-refractivity contribution is 5.98. The lowest BCUT2D eigenvalue weighted by molar-refractivity contribution is -0.136. The maximum Gasteiger partial charge on any atom is 0.245 e. The minimum absolute atomic E-state index is 0.0260. The zero-order valence-corrected chi connectivity index (χ0v) is 44.6. The zero-order chi connectivity index (χ0) is 57.5. The largest absolute Gasteiger partial charge is 0.394 e. The SMILES string of the molecule is CCCCCCCC(=O)N[C@@H](CCN)C(O)N[C@H](C(=O)N[C@@H](CCN)C(=O)N[C@H]1CCNC(=O)[C@H]([C@@H](C)O)NC(=O)[C@H](CCN)NC(=O)[C@H](CO)NC(=O)[C@H](CC(C)C)NC(=O)CNC(=O)[C@H](CCN)NC1=O)[C@@H](C)O. The molecule has 1 saturated heterocycles. The molecule has 436 valence electrons. The van der Waals surface area contributed by atoms with Gasteiger partial charge in [-0.05, 0) is 90.9 Å². The molecule has 0 aromatic heterocycles.